The molecule has 0 bridgehead atoms. The lowest BCUT2D eigenvalue weighted by molar-refractivity contribution is 0.111. The van der Waals surface area contributed by atoms with Gasteiger partial charge in [0.2, 0.25) is 0 Å². The quantitative estimate of drug-likeness (QED) is 0.614. The predicted molar refractivity (Wildman–Crippen MR) is 39.6 cm³/mol. The lowest BCUT2D eigenvalue weighted by Crippen LogP contribution is -1.86. The second-order valence-electron chi connectivity index (χ2n) is 1.64. The highest BCUT2D eigenvalue weighted by Gasteiger charge is 1.99. The molecule has 4 heteroatoms. The molecule has 0 fully saturated rings. The summed E-state index contributed by atoms with van der Waals surface area (Å²) in [7, 11) is 0. The van der Waals surface area contributed by atoms with Gasteiger partial charge in [0.25, 0.3) is 0 Å². The summed E-state index contributed by atoms with van der Waals surface area (Å²) in [6.07, 6.45) is 1.95. The highest BCUT2D eigenvalue weighted by molar-refractivity contribution is 6.35. The molecular formula is C6H3Cl2NO. The van der Waals surface area contributed by atoms with E-state index in [9.17, 15) is 4.79 Å². The first kappa shape index (κ1) is 7.51. The van der Waals surface area contributed by atoms with Crippen LogP contribution in [0.25, 0.3) is 0 Å². The standard InChI is InChI=1S/C6H3Cl2NO/c7-4-1-5(8)6(3-10)9-2-4/h1-3H. The van der Waals surface area contributed by atoms with E-state index >= 15 is 0 Å². The summed E-state index contributed by atoms with van der Waals surface area (Å²) in [6, 6.07) is 1.47. The van der Waals surface area contributed by atoms with E-state index in [2.05, 4.69) is 4.98 Å². The topological polar surface area (TPSA) is 30.0 Å². The first-order valence-electron chi connectivity index (χ1n) is 2.50. The van der Waals surface area contributed by atoms with Crippen LogP contribution in [0.1, 0.15) is 10.5 Å². The smallest absolute Gasteiger partial charge is 0.169 e. The normalized spacial score (nSPS) is 9.40. The minimum absolute atomic E-state index is 0.214. The van der Waals surface area contributed by atoms with E-state index in [0.717, 1.165) is 0 Å². The Morgan fingerprint density at radius 1 is 1.50 bits per heavy atom. The van der Waals surface area contributed by atoms with Crippen molar-refractivity contribution in [3.8, 4) is 0 Å². The molecule has 1 aromatic heterocycles. The van der Waals surface area contributed by atoms with Crippen molar-refractivity contribution in [3.63, 3.8) is 0 Å². The number of aldehydes is 1. The third kappa shape index (κ3) is 1.46. The SMILES string of the molecule is O=Cc1ncc(Cl)cc1Cl. The van der Waals surface area contributed by atoms with Gasteiger partial charge in [0.05, 0.1) is 10.0 Å². The molecule has 1 aromatic rings. The van der Waals surface area contributed by atoms with Crippen molar-refractivity contribution in [3.05, 3.63) is 28.0 Å². The molecule has 0 aliphatic rings. The third-order valence-electron chi connectivity index (χ3n) is 0.948. The maximum absolute atomic E-state index is 10.1. The number of pyridine rings is 1. The molecule has 0 unspecified atom stereocenters. The second kappa shape index (κ2) is 2.99. The molecule has 0 aliphatic heterocycles. The van der Waals surface area contributed by atoms with Crippen LogP contribution < -0.4 is 0 Å². The molecule has 0 saturated heterocycles. The van der Waals surface area contributed by atoms with Gasteiger partial charge >= 0.3 is 0 Å². The number of carbonyl (C=O) groups is 1. The fraction of sp³-hybridized carbons (Fsp3) is 0. The van der Waals surface area contributed by atoms with E-state index in [-0.39, 0.29) is 10.7 Å². The third-order valence-corrected chi connectivity index (χ3v) is 1.46. The minimum Gasteiger partial charge on any atom is -0.296 e. The van der Waals surface area contributed by atoms with Crippen LogP contribution in [0, 0.1) is 0 Å². The Morgan fingerprint density at radius 2 is 2.20 bits per heavy atom. The molecule has 0 amide bonds. The van der Waals surface area contributed by atoms with E-state index in [1.165, 1.54) is 12.3 Å². The molecule has 0 aliphatic carbocycles. The van der Waals surface area contributed by atoms with Crippen LogP contribution in [-0.2, 0) is 0 Å². The van der Waals surface area contributed by atoms with Gasteiger partial charge in [0.1, 0.15) is 5.69 Å². The summed E-state index contributed by atoms with van der Waals surface area (Å²) >= 11 is 11.1. The van der Waals surface area contributed by atoms with Crippen LogP contribution in [-0.4, -0.2) is 11.3 Å². The first-order chi connectivity index (χ1) is 4.74. The Morgan fingerprint density at radius 3 is 2.70 bits per heavy atom. The molecule has 10 heavy (non-hydrogen) atoms. The van der Waals surface area contributed by atoms with Crippen molar-refractivity contribution in [2.75, 3.05) is 0 Å². The lowest BCUT2D eigenvalue weighted by atomic mass is 10.4. The van der Waals surface area contributed by atoms with E-state index in [0.29, 0.717) is 11.3 Å². The Labute approximate surface area is 67.8 Å². The van der Waals surface area contributed by atoms with E-state index in [4.69, 9.17) is 23.2 Å². The fourth-order valence-corrected chi connectivity index (χ4v) is 0.937. The van der Waals surface area contributed by atoms with Crippen molar-refractivity contribution < 1.29 is 4.79 Å². The van der Waals surface area contributed by atoms with E-state index in [1.54, 1.807) is 0 Å². The van der Waals surface area contributed by atoms with Crippen LogP contribution in [0.2, 0.25) is 10.0 Å². The number of carbonyl (C=O) groups excluding carboxylic acids is 1. The van der Waals surface area contributed by atoms with Gasteiger partial charge in [-0.05, 0) is 6.07 Å². The summed E-state index contributed by atoms with van der Waals surface area (Å²) in [5.41, 5.74) is 0.214. The molecular weight excluding hydrogens is 173 g/mol. The lowest BCUT2D eigenvalue weighted by Gasteiger charge is -1.92. The maximum atomic E-state index is 10.1. The van der Waals surface area contributed by atoms with Gasteiger partial charge in [0, 0.05) is 6.20 Å². The number of hydrogen-bond acceptors (Lipinski definition) is 2. The highest BCUT2D eigenvalue weighted by atomic mass is 35.5. The molecule has 0 atom stereocenters. The number of rotatable bonds is 1. The molecule has 0 aromatic carbocycles. The molecule has 0 spiro atoms. The number of halogens is 2. The Bertz CT molecular complexity index is 262. The van der Waals surface area contributed by atoms with Crippen molar-refractivity contribution in [2.24, 2.45) is 0 Å². The summed E-state index contributed by atoms with van der Waals surface area (Å²) in [5, 5.41) is 0.707. The molecule has 0 radical (unpaired) electrons. The molecule has 1 rings (SSSR count). The Hall–Kier alpha value is -0.600. The van der Waals surface area contributed by atoms with Crippen molar-refractivity contribution in [2.45, 2.75) is 0 Å². The Balaban J connectivity index is 3.19. The number of hydrogen-bond donors (Lipinski definition) is 0. The number of aromatic nitrogens is 1. The van der Waals surface area contributed by atoms with Gasteiger partial charge in [-0.2, -0.15) is 0 Å². The first-order valence-corrected chi connectivity index (χ1v) is 3.26. The average molecular weight is 176 g/mol. The maximum Gasteiger partial charge on any atom is 0.169 e. The van der Waals surface area contributed by atoms with Crippen LogP contribution in [0.3, 0.4) is 0 Å². The molecule has 52 valence electrons. The highest BCUT2D eigenvalue weighted by Crippen LogP contribution is 2.16. The van der Waals surface area contributed by atoms with E-state index in [1.807, 2.05) is 0 Å². The predicted octanol–water partition coefficient (Wildman–Crippen LogP) is 2.20. The second-order valence-corrected chi connectivity index (χ2v) is 2.48. The van der Waals surface area contributed by atoms with Gasteiger partial charge in [-0.15, -0.1) is 0 Å². The largest absolute Gasteiger partial charge is 0.296 e. The summed E-state index contributed by atoms with van der Waals surface area (Å²) < 4.78 is 0. The molecule has 2 nitrogen and oxygen atoms in total. The number of nitrogens with zero attached hydrogens (tertiary/aromatic N) is 1. The fourth-order valence-electron chi connectivity index (χ4n) is 0.512. The average Bonchev–Trinajstić information content (AvgIpc) is 1.88. The molecule has 0 N–H and O–H groups in total. The van der Waals surface area contributed by atoms with Crippen molar-refractivity contribution in [1.82, 2.24) is 4.98 Å². The van der Waals surface area contributed by atoms with Crippen LogP contribution in [0.5, 0.6) is 0 Å². The van der Waals surface area contributed by atoms with Crippen molar-refractivity contribution in [1.29, 1.82) is 0 Å². The van der Waals surface area contributed by atoms with Gasteiger partial charge in [0.15, 0.2) is 6.29 Å². The van der Waals surface area contributed by atoms with Gasteiger partial charge in [-0.25, -0.2) is 0 Å². The molecule has 1 heterocycles. The monoisotopic (exact) mass is 175 g/mol. The van der Waals surface area contributed by atoms with Gasteiger partial charge in [-0.3, -0.25) is 9.78 Å². The molecule has 0 saturated carbocycles. The zero-order valence-corrected chi connectivity index (χ0v) is 6.36. The Kier molecular flexibility index (Phi) is 2.25. The van der Waals surface area contributed by atoms with Crippen LogP contribution in [0.15, 0.2) is 12.3 Å². The summed E-state index contributed by atoms with van der Waals surface area (Å²) in [6.45, 7) is 0. The summed E-state index contributed by atoms with van der Waals surface area (Å²) in [5.74, 6) is 0. The van der Waals surface area contributed by atoms with Gasteiger partial charge < -0.3 is 0 Å². The summed E-state index contributed by atoms with van der Waals surface area (Å²) in [4.78, 5) is 13.8. The van der Waals surface area contributed by atoms with E-state index < -0.39 is 0 Å². The zero-order chi connectivity index (χ0) is 7.56. The van der Waals surface area contributed by atoms with Crippen molar-refractivity contribution >= 4 is 29.5 Å². The van der Waals surface area contributed by atoms with Gasteiger partial charge in [-0.1, -0.05) is 23.2 Å². The minimum atomic E-state index is 0.214. The van der Waals surface area contributed by atoms with Crippen LogP contribution in [0.4, 0.5) is 0 Å². The van der Waals surface area contributed by atoms with Crippen LogP contribution >= 0.6 is 23.2 Å². The zero-order valence-electron chi connectivity index (χ0n) is 4.84.